The zero-order valence-corrected chi connectivity index (χ0v) is 18.3. The van der Waals surface area contributed by atoms with E-state index >= 15 is 0 Å². The number of nitrogens with one attached hydrogen (secondary N) is 1. The number of benzene rings is 2. The van der Waals surface area contributed by atoms with E-state index in [9.17, 15) is 14.0 Å². The maximum Gasteiger partial charge on any atom is 0.252 e. The molecule has 0 bridgehead atoms. The first-order chi connectivity index (χ1) is 15.5. The van der Waals surface area contributed by atoms with Gasteiger partial charge in [0.15, 0.2) is 0 Å². The van der Waals surface area contributed by atoms with Crippen molar-refractivity contribution in [2.45, 2.75) is 13.0 Å². The monoisotopic (exact) mass is 454 g/mol. The van der Waals surface area contributed by atoms with Gasteiger partial charge in [0.2, 0.25) is 5.91 Å². The van der Waals surface area contributed by atoms with Gasteiger partial charge < -0.3 is 10.2 Å². The Morgan fingerprint density at radius 1 is 1.06 bits per heavy atom. The van der Waals surface area contributed by atoms with Crippen LogP contribution >= 0.6 is 11.6 Å². The van der Waals surface area contributed by atoms with Crippen molar-refractivity contribution in [3.8, 4) is 0 Å². The number of nitrogens with zero attached hydrogens (tertiary/aromatic N) is 3. The van der Waals surface area contributed by atoms with Crippen LogP contribution in [0.25, 0.3) is 10.9 Å². The van der Waals surface area contributed by atoms with Crippen molar-refractivity contribution >= 4 is 34.3 Å². The van der Waals surface area contributed by atoms with E-state index in [2.05, 4.69) is 33.4 Å². The van der Waals surface area contributed by atoms with Crippen molar-refractivity contribution in [2.24, 2.45) is 0 Å². The Hall–Kier alpha value is -3.03. The molecule has 2 amide bonds. The number of aromatic nitrogens is 1. The molecule has 6 nitrogen and oxygen atoms in total. The third-order valence-corrected chi connectivity index (χ3v) is 5.95. The van der Waals surface area contributed by atoms with Crippen molar-refractivity contribution in [2.75, 3.05) is 32.7 Å². The first kappa shape index (κ1) is 22.2. The molecule has 8 heteroatoms. The van der Waals surface area contributed by atoms with Crippen LogP contribution in [0.5, 0.6) is 0 Å². The van der Waals surface area contributed by atoms with Gasteiger partial charge in [-0.15, -0.1) is 0 Å². The number of carbonyl (C=O) groups excluding carboxylic acids is 2. The van der Waals surface area contributed by atoms with Gasteiger partial charge in [-0.1, -0.05) is 35.9 Å². The fourth-order valence-electron chi connectivity index (χ4n) is 3.90. The molecular formula is C24H24ClFN4O2. The molecule has 1 aliphatic heterocycles. The lowest BCUT2D eigenvalue weighted by atomic mass is 10.1. The fourth-order valence-corrected chi connectivity index (χ4v) is 4.15. The maximum atomic E-state index is 13.1. The fraction of sp³-hybridized carbons (Fsp3) is 0.292. The van der Waals surface area contributed by atoms with E-state index in [0.717, 1.165) is 36.6 Å². The summed E-state index contributed by atoms with van der Waals surface area (Å²) in [6, 6.07) is 13.8. The van der Waals surface area contributed by atoms with Crippen molar-refractivity contribution in [1.82, 2.24) is 20.1 Å². The minimum atomic E-state index is -0.502. The Labute approximate surface area is 191 Å². The number of hydrogen-bond acceptors (Lipinski definition) is 4. The van der Waals surface area contributed by atoms with E-state index in [-0.39, 0.29) is 29.5 Å². The topological polar surface area (TPSA) is 65.5 Å². The summed E-state index contributed by atoms with van der Waals surface area (Å²) >= 11 is 5.91. The Morgan fingerprint density at radius 3 is 2.62 bits per heavy atom. The molecule has 0 aliphatic carbocycles. The van der Waals surface area contributed by atoms with E-state index in [4.69, 9.17) is 11.6 Å². The molecule has 0 radical (unpaired) electrons. The van der Waals surface area contributed by atoms with Crippen LogP contribution in [0.4, 0.5) is 4.39 Å². The molecule has 0 atom stereocenters. The third kappa shape index (κ3) is 5.23. The van der Waals surface area contributed by atoms with Gasteiger partial charge >= 0.3 is 0 Å². The zero-order valence-electron chi connectivity index (χ0n) is 17.6. The summed E-state index contributed by atoms with van der Waals surface area (Å²) in [7, 11) is 0. The quantitative estimate of drug-likeness (QED) is 0.619. The van der Waals surface area contributed by atoms with Crippen molar-refractivity contribution in [3.05, 3.63) is 76.7 Å². The van der Waals surface area contributed by atoms with Gasteiger partial charge in [0.1, 0.15) is 5.82 Å². The standard InChI is InChI=1S/C24H24ClFN4O2/c25-21-15-19(26)6-7-20(21)24(32)28-10-8-22(31)30-13-11-29(12-14-30)16-18-4-1-3-17-5-2-9-27-23(17)18/h1-7,9,15H,8,10-14,16H2,(H,28,32). The summed E-state index contributed by atoms with van der Waals surface area (Å²) in [4.78, 5) is 33.4. The number of amides is 2. The molecular weight excluding hydrogens is 431 g/mol. The average molecular weight is 455 g/mol. The molecule has 1 saturated heterocycles. The molecule has 2 aromatic carbocycles. The van der Waals surface area contributed by atoms with Gasteiger partial charge in [-0.2, -0.15) is 0 Å². The van der Waals surface area contributed by atoms with Crippen molar-refractivity contribution in [1.29, 1.82) is 0 Å². The zero-order chi connectivity index (χ0) is 22.5. The predicted molar refractivity (Wildman–Crippen MR) is 122 cm³/mol. The maximum absolute atomic E-state index is 13.1. The number of carbonyl (C=O) groups is 2. The lowest BCUT2D eigenvalue weighted by molar-refractivity contribution is -0.132. The van der Waals surface area contributed by atoms with Gasteiger partial charge in [-0.25, -0.2) is 4.39 Å². The van der Waals surface area contributed by atoms with Crippen molar-refractivity contribution < 1.29 is 14.0 Å². The van der Waals surface area contributed by atoms with Gasteiger partial charge in [0.05, 0.1) is 16.1 Å². The normalized spacial score (nSPS) is 14.5. The molecule has 166 valence electrons. The minimum absolute atomic E-state index is 0.00183. The summed E-state index contributed by atoms with van der Waals surface area (Å²) < 4.78 is 13.1. The number of piperazine rings is 1. The van der Waals surface area contributed by atoms with Gasteiger partial charge in [-0.05, 0) is 29.8 Å². The van der Waals surface area contributed by atoms with Crippen LogP contribution in [0.3, 0.4) is 0 Å². The molecule has 1 fully saturated rings. The largest absolute Gasteiger partial charge is 0.351 e. The highest BCUT2D eigenvalue weighted by Gasteiger charge is 2.21. The first-order valence-electron chi connectivity index (χ1n) is 10.6. The average Bonchev–Trinajstić information content (AvgIpc) is 2.79. The second kappa shape index (κ2) is 10.1. The molecule has 0 saturated carbocycles. The van der Waals surface area contributed by atoms with E-state index in [1.807, 2.05) is 23.2 Å². The smallest absolute Gasteiger partial charge is 0.252 e. The van der Waals surface area contributed by atoms with Crippen LogP contribution in [0.1, 0.15) is 22.3 Å². The van der Waals surface area contributed by atoms with Crippen LogP contribution < -0.4 is 5.32 Å². The van der Waals surface area contributed by atoms with Gasteiger partial charge in [-0.3, -0.25) is 19.5 Å². The van der Waals surface area contributed by atoms with E-state index < -0.39 is 11.7 Å². The molecule has 2 heterocycles. The second-order valence-corrected chi connectivity index (χ2v) is 8.19. The summed E-state index contributed by atoms with van der Waals surface area (Å²) in [5.41, 5.74) is 2.40. The van der Waals surface area contributed by atoms with Gasteiger partial charge in [0.25, 0.3) is 5.91 Å². The number of hydrogen-bond donors (Lipinski definition) is 1. The molecule has 1 aromatic heterocycles. The first-order valence-corrected chi connectivity index (χ1v) is 10.9. The number of halogens is 2. The number of rotatable bonds is 6. The van der Waals surface area contributed by atoms with Crippen LogP contribution in [-0.2, 0) is 11.3 Å². The summed E-state index contributed by atoms with van der Waals surface area (Å²) in [6.07, 6.45) is 2.02. The minimum Gasteiger partial charge on any atom is -0.351 e. The highest BCUT2D eigenvalue weighted by atomic mass is 35.5. The number of fused-ring (bicyclic) bond motifs is 1. The molecule has 1 N–H and O–H groups in total. The highest BCUT2D eigenvalue weighted by Crippen LogP contribution is 2.19. The molecule has 32 heavy (non-hydrogen) atoms. The SMILES string of the molecule is O=C(NCCC(=O)N1CCN(Cc2cccc3cccnc23)CC1)c1ccc(F)cc1Cl. The van der Waals surface area contributed by atoms with Crippen LogP contribution in [0.2, 0.25) is 5.02 Å². The summed E-state index contributed by atoms with van der Waals surface area (Å²) in [5.74, 6) is -0.920. The van der Waals surface area contributed by atoms with Crippen LogP contribution in [0, 0.1) is 5.82 Å². The Morgan fingerprint density at radius 2 is 1.84 bits per heavy atom. The van der Waals surface area contributed by atoms with E-state index in [1.54, 1.807) is 0 Å². The lowest BCUT2D eigenvalue weighted by Crippen LogP contribution is -2.48. The molecule has 3 aromatic rings. The number of para-hydroxylation sites is 1. The Bertz CT molecular complexity index is 1130. The number of pyridine rings is 1. The Balaban J connectivity index is 1.23. The van der Waals surface area contributed by atoms with Crippen LogP contribution in [0.15, 0.2) is 54.7 Å². The van der Waals surface area contributed by atoms with Gasteiger partial charge in [0, 0.05) is 57.3 Å². The lowest BCUT2D eigenvalue weighted by Gasteiger charge is -2.35. The molecule has 0 spiro atoms. The molecule has 0 unspecified atom stereocenters. The van der Waals surface area contributed by atoms with E-state index in [1.165, 1.54) is 17.7 Å². The summed E-state index contributed by atoms with van der Waals surface area (Å²) in [6.45, 7) is 3.86. The van der Waals surface area contributed by atoms with E-state index in [0.29, 0.717) is 13.1 Å². The molecule has 4 rings (SSSR count). The Kier molecular flexibility index (Phi) is 6.97. The van der Waals surface area contributed by atoms with Crippen LogP contribution in [-0.4, -0.2) is 59.3 Å². The molecule has 1 aliphatic rings. The highest BCUT2D eigenvalue weighted by molar-refractivity contribution is 6.33. The third-order valence-electron chi connectivity index (χ3n) is 5.64. The summed E-state index contributed by atoms with van der Waals surface area (Å²) in [5, 5.41) is 3.85. The van der Waals surface area contributed by atoms with Crippen molar-refractivity contribution in [3.63, 3.8) is 0 Å². The predicted octanol–water partition coefficient (Wildman–Crippen LogP) is 3.49. The second-order valence-electron chi connectivity index (χ2n) is 7.78.